The molecule has 0 fully saturated rings. The summed E-state index contributed by atoms with van der Waals surface area (Å²) in [5.41, 5.74) is 3.76. The minimum Gasteiger partial charge on any atom is -0.341 e. The number of aromatic amines is 1. The van der Waals surface area contributed by atoms with E-state index in [2.05, 4.69) is 41.4 Å². The fourth-order valence-electron chi connectivity index (χ4n) is 3.36. The van der Waals surface area contributed by atoms with Gasteiger partial charge in [-0.1, -0.05) is 32.7 Å². The Labute approximate surface area is 202 Å². The molecule has 5 aromatic rings. The summed E-state index contributed by atoms with van der Waals surface area (Å²) in [5, 5.41) is 7.59. The zero-order chi connectivity index (χ0) is 22.9. The zero-order valence-electron chi connectivity index (χ0n) is 17.3. The number of rotatable bonds is 5. The van der Waals surface area contributed by atoms with Crippen molar-refractivity contribution in [1.29, 1.82) is 0 Å². The lowest BCUT2D eigenvalue weighted by Gasteiger charge is -2.09. The van der Waals surface area contributed by atoms with Crippen molar-refractivity contribution in [2.24, 2.45) is 0 Å². The van der Waals surface area contributed by atoms with E-state index in [0.717, 1.165) is 26.6 Å². The number of imidazole rings is 1. The topological polar surface area (TPSA) is 96.7 Å². The van der Waals surface area contributed by atoms with Crippen LogP contribution in [0.5, 0.6) is 0 Å². The third-order valence-corrected chi connectivity index (χ3v) is 5.90. The number of nitrogens with one attached hydrogen (secondary N) is 2. The minimum atomic E-state index is -0.462. The van der Waals surface area contributed by atoms with E-state index < -0.39 is 6.04 Å². The second kappa shape index (κ2) is 8.80. The normalized spacial score (nSPS) is 12.1. The zero-order valence-corrected chi connectivity index (χ0v) is 19.7. The van der Waals surface area contributed by atoms with E-state index in [1.54, 1.807) is 19.1 Å². The fourth-order valence-corrected chi connectivity index (χ4v) is 3.75. The predicted molar refractivity (Wildman–Crippen MR) is 130 cm³/mol. The summed E-state index contributed by atoms with van der Waals surface area (Å²) >= 11 is 9.37. The van der Waals surface area contributed by atoms with Gasteiger partial charge in [-0.05, 0) is 73.7 Å². The van der Waals surface area contributed by atoms with Gasteiger partial charge >= 0.3 is 0 Å². The number of nitrogens with zero attached hydrogens (tertiary/aromatic N) is 3. The smallest absolute Gasteiger partial charge is 0.251 e. The molecule has 0 aliphatic rings. The summed E-state index contributed by atoms with van der Waals surface area (Å²) < 4.78 is 6.33. The van der Waals surface area contributed by atoms with E-state index in [-0.39, 0.29) is 5.91 Å². The Kier molecular flexibility index (Phi) is 5.70. The first-order valence-electron chi connectivity index (χ1n) is 10.1. The van der Waals surface area contributed by atoms with Crippen molar-refractivity contribution in [3.8, 4) is 22.8 Å². The molecule has 2 N–H and O–H groups in total. The lowest BCUT2D eigenvalue weighted by atomic mass is 10.1. The van der Waals surface area contributed by atoms with Crippen LogP contribution < -0.4 is 5.32 Å². The molecule has 9 heteroatoms. The monoisotopic (exact) mass is 521 g/mol. The average Bonchev–Trinajstić information content (AvgIpc) is 3.47. The molecule has 0 radical (unpaired) electrons. The largest absolute Gasteiger partial charge is 0.341 e. The van der Waals surface area contributed by atoms with E-state index in [4.69, 9.17) is 16.1 Å². The van der Waals surface area contributed by atoms with Gasteiger partial charge in [0, 0.05) is 26.2 Å². The van der Waals surface area contributed by atoms with Crippen LogP contribution in [0, 0.1) is 0 Å². The quantitative estimate of drug-likeness (QED) is 0.287. The van der Waals surface area contributed by atoms with Gasteiger partial charge in [0.2, 0.25) is 11.7 Å². The standard InChI is InChI=1S/C24H17BrClN5O2/c1-13(24-30-22(31-33-24)15-2-7-17(25)8-3-15)27-23(32)16-6-11-19-20(12-16)29-21(28-19)14-4-9-18(26)10-5-14/h2-13H,1H3,(H,27,32)(H,28,29). The van der Waals surface area contributed by atoms with Crippen molar-refractivity contribution in [2.45, 2.75) is 13.0 Å². The first-order valence-corrected chi connectivity index (χ1v) is 11.3. The van der Waals surface area contributed by atoms with Gasteiger partial charge in [-0.25, -0.2) is 4.98 Å². The molecule has 7 nitrogen and oxygen atoms in total. The highest BCUT2D eigenvalue weighted by atomic mass is 79.9. The third kappa shape index (κ3) is 4.53. The van der Waals surface area contributed by atoms with Crippen LogP contribution >= 0.6 is 27.5 Å². The lowest BCUT2D eigenvalue weighted by Crippen LogP contribution is -2.26. The second-order valence-electron chi connectivity index (χ2n) is 7.48. The summed E-state index contributed by atoms with van der Waals surface area (Å²) in [4.78, 5) is 25.1. The molecule has 1 unspecified atom stereocenters. The van der Waals surface area contributed by atoms with E-state index >= 15 is 0 Å². The van der Waals surface area contributed by atoms with Crippen molar-refractivity contribution in [3.05, 3.63) is 87.7 Å². The van der Waals surface area contributed by atoms with Crippen LogP contribution in [0.15, 0.2) is 75.7 Å². The Morgan fingerprint density at radius 1 is 1.03 bits per heavy atom. The average molecular weight is 523 g/mol. The minimum absolute atomic E-state index is 0.254. The highest BCUT2D eigenvalue weighted by Crippen LogP contribution is 2.24. The lowest BCUT2D eigenvalue weighted by molar-refractivity contribution is 0.0932. The summed E-state index contributed by atoms with van der Waals surface area (Å²) in [6, 6.07) is 19.8. The van der Waals surface area contributed by atoms with Crippen LogP contribution in [-0.2, 0) is 0 Å². The maximum absolute atomic E-state index is 12.8. The number of carbonyl (C=O) groups is 1. The van der Waals surface area contributed by atoms with Crippen molar-refractivity contribution in [3.63, 3.8) is 0 Å². The van der Waals surface area contributed by atoms with Gasteiger partial charge in [-0.3, -0.25) is 4.79 Å². The van der Waals surface area contributed by atoms with Crippen LogP contribution in [0.3, 0.4) is 0 Å². The Hall–Kier alpha value is -3.49. The Balaban J connectivity index is 1.32. The molecule has 33 heavy (non-hydrogen) atoms. The summed E-state index contributed by atoms with van der Waals surface area (Å²) in [7, 11) is 0. The van der Waals surface area contributed by atoms with Gasteiger partial charge in [-0.15, -0.1) is 0 Å². The summed E-state index contributed by atoms with van der Waals surface area (Å²) in [6.45, 7) is 1.80. The van der Waals surface area contributed by atoms with Crippen molar-refractivity contribution < 1.29 is 9.32 Å². The number of H-pyrrole nitrogens is 1. The molecule has 0 spiro atoms. The molecule has 1 atom stereocenters. The number of hydrogen-bond acceptors (Lipinski definition) is 5. The molecule has 1 amide bonds. The van der Waals surface area contributed by atoms with E-state index in [9.17, 15) is 4.79 Å². The molecular formula is C24H17BrClN5O2. The van der Waals surface area contributed by atoms with Gasteiger partial charge in [-0.2, -0.15) is 4.98 Å². The molecule has 2 aromatic heterocycles. The highest BCUT2D eigenvalue weighted by molar-refractivity contribution is 9.10. The number of amides is 1. The SMILES string of the molecule is CC(NC(=O)c1ccc2nc(-c3ccc(Cl)cc3)[nH]c2c1)c1nc(-c2ccc(Br)cc2)no1. The third-order valence-electron chi connectivity index (χ3n) is 5.12. The first-order chi connectivity index (χ1) is 16.0. The first kappa shape index (κ1) is 21.4. The summed E-state index contributed by atoms with van der Waals surface area (Å²) in [6.07, 6.45) is 0. The predicted octanol–water partition coefficient (Wildman–Crippen LogP) is 6.19. The second-order valence-corrected chi connectivity index (χ2v) is 8.83. The summed E-state index contributed by atoms with van der Waals surface area (Å²) in [5.74, 6) is 1.25. The van der Waals surface area contributed by atoms with Gasteiger partial charge in [0.15, 0.2) is 0 Å². The van der Waals surface area contributed by atoms with Gasteiger partial charge in [0.1, 0.15) is 11.9 Å². The molecule has 164 valence electrons. The number of halogens is 2. The molecular weight excluding hydrogens is 506 g/mol. The van der Waals surface area contributed by atoms with Crippen LogP contribution in [0.1, 0.15) is 29.2 Å². The van der Waals surface area contributed by atoms with Crippen molar-refractivity contribution in [1.82, 2.24) is 25.4 Å². The molecule has 3 aromatic carbocycles. The molecule has 0 saturated carbocycles. The van der Waals surface area contributed by atoms with E-state index in [1.165, 1.54) is 0 Å². The number of carbonyl (C=O) groups excluding carboxylic acids is 1. The van der Waals surface area contributed by atoms with Gasteiger partial charge in [0.05, 0.1) is 11.0 Å². The molecule has 0 aliphatic carbocycles. The molecule has 2 heterocycles. The maximum atomic E-state index is 12.8. The van der Waals surface area contributed by atoms with E-state index in [0.29, 0.717) is 28.1 Å². The Morgan fingerprint density at radius 3 is 2.52 bits per heavy atom. The van der Waals surface area contributed by atoms with Gasteiger partial charge in [0.25, 0.3) is 5.91 Å². The van der Waals surface area contributed by atoms with E-state index in [1.807, 2.05) is 54.6 Å². The molecule has 5 rings (SSSR count). The Morgan fingerprint density at radius 2 is 1.76 bits per heavy atom. The Bertz CT molecular complexity index is 1440. The van der Waals surface area contributed by atoms with Crippen LogP contribution in [0.2, 0.25) is 5.02 Å². The number of fused-ring (bicyclic) bond motifs is 1. The van der Waals surface area contributed by atoms with Crippen LogP contribution in [-0.4, -0.2) is 26.0 Å². The number of aromatic nitrogens is 4. The number of benzene rings is 3. The fraction of sp³-hybridized carbons (Fsp3) is 0.0833. The van der Waals surface area contributed by atoms with Crippen LogP contribution in [0.25, 0.3) is 33.8 Å². The number of hydrogen-bond donors (Lipinski definition) is 2. The van der Waals surface area contributed by atoms with Crippen molar-refractivity contribution >= 4 is 44.5 Å². The highest BCUT2D eigenvalue weighted by Gasteiger charge is 2.19. The van der Waals surface area contributed by atoms with Crippen LogP contribution in [0.4, 0.5) is 0 Å². The molecule has 0 saturated heterocycles. The molecule has 0 bridgehead atoms. The van der Waals surface area contributed by atoms with Crippen molar-refractivity contribution in [2.75, 3.05) is 0 Å². The molecule has 0 aliphatic heterocycles. The maximum Gasteiger partial charge on any atom is 0.251 e. The van der Waals surface area contributed by atoms with Gasteiger partial charge < -0.3 is 14.8 Å².